The monoisotopic (exact) mass is 507 g/mol. The molecule has 13 heteroatoms. The Bertz CT molecular complexity index is 1110. The molecule has 0 aliphatic carbocycles. The Labute approximate surface area is 193 Å². The third-order valence-electron chi connectivity index (χ3n) is 4.15. The van der Waals surface area contributed by atoms with Crippen LogP contribution < -0.4 is 5.32 Å². The van der Waals surface area contributed by atoms with Crippen molar-refractivity contribution < 1.29 is 27.5 Å². The molecule has 0 bridgehead atoms. The van der Waals surface area contributed by atoms with E-state index in [9.17, 15) is 18.0 Å². The van der Waals surface area contributed by atoms with Crippen LogP contribution >= 0.6 is 34.8 Å². The molecule has 9 nitrogen and oxygen atoms in total. The van der Waals surface area contributed by atoms with E-state index in [2.05, 4.69) is 10.3 Å². The lowest BCUT2D eigenvalue weighted by Gasteiger charge is -2.26. The number of aromatic nitrogens is 1. The maximum atomic E-state index is 12.8. The predicted octanol–water partition coefficient (Wildman–Crippen LogP) is 2.86. The van der Waals surface area contributed by atoms with Gasteiger partial charge in [-0.25, -0.2) is 18.2 Å². The molecule has 0 radical (unpaired) electrons. The van der Waals surface area contributed by atoms with E-state index in [4.69, 9.17) is 44.3 Å². The standard InChI is InChI=1S/C18H16Cl3N3O6S/c19-12-8-14(21)17(22-9-12)23-16(25)10-30-18(26)11-1-2-13(20)15(7-11)31(27,28)24-3-5-29-6-4-24/h1-2,7-9H,3-6,10H2,(H,22,23,25). The third kappa shape index (κ3) is 5.85. The lowest BCUT2D eigenvalue weighted by molar-refractivity contribution is -0.119. The minimum absolute atomic E-state index is 0.0377. The number of hydrogen-bond acceptors (Lipinski definition) is 7. The highest BCUT2D eigenvalue weighted by molar-refractivity contribution is 7.89. The lowest BCUT2D eigenvalue weighted by Crippen LogP contribution is -2.40. The Morgan fingerprint density at radius 3 is 2.52 bits per heavy atom. The lowest BCUT2D eigenvalue weighted by atomic mass is 10.2. The summed E-state index contributed by atoms with van der Waals surface area (Å²) in [6.45, 7) is 0.234. The summed E-state index contributed by atoms with van der Waals surface area (Å²) in [7, 11) is -3.93. The maximum absolute atomic E-state index is 12.8. The number of morpholine rings is 1. The van der Waals surface area contributed by atoms with Gasteiger partial charge in [-0.3, -0.25) is 4.79 Å². The van der Waals surface area contributed by atoms with Gasteiger partial charge in [0.15, 0.2) is 12.4 Å². The molecule has 3 rings (SSSR count). The maximum Gasteiger partial charge on any atom is 0.338 e. The van der Waals surface area contributed by atoms with Gasteiger partial charge < -0.3 is 14.8 Å². The smallest absolute Gasteiger partial charge is 0.338 e. The summed E-state index contributed by atoms with van der Waals surface area (Å²) in [5, 5.41) is 2.75. The zero-order chi connectivity index (χ0) is 22.6. The molecule has 1 amide bonds. The Kier molecular flexibility index (Phi) is 7.73. The van der Waals surface area contributed by atoms with Gasteiger partial charge in [0, 0.05) is 19.3 Å². The van der Waals surface area contributed by atoms with Crippen LogP contribution in [0.15, 0.2) is 35.4 Å². The first-order valence-corrected chi connectivity index (χ1v) is 11.4. The fourth-order valence-corrected chi connectivity index (χ4v) is 4.98. The number of ether oxygens (including phenoxy) is 2. The van der Waals surface area contributed by atoms with E-state index in [0.717, 1.165) is 6.07 Å². The number of halogens is 3. The number of anilines is 1. The number of amides is 1. The van der Waals surface area contributed by atoms with Crippen molar-refractivity contribution in [1.29, 1.82) is 0 Å². The van der Waals surface area contributed by atoms with Gasteiger partial charge in [-0.2, -0.15) is 4.31 Å². The second kappa shape index (κ2) is 10.1. The molecular formula is C18H16Cl3N3O6S. The number of pyridine rings is 1. The molecule has 0 spiro atoms. The fourth-order valence-electron chi connectivity index (χ4n) is 2.64. The third-order valence-corrected chi connectivity index (χ3v) is 7.03. The van der Waals surface area contributed by atoms with Crippen molar-refractivity contribution in [2.24, 2.45) is 0 Å². The highest BCUT2D eigenvalue weighted by Gasteiger charge is 2.29. The summed E-state index contributed by atoms with van der Waals surface area (Å²) in [5.41, 5.74) is -0.0771. The SMILES string of the molecule is O=C(COC(=O)c1ccc(Cl)c(S(=O)(=O)N2CCOCC2)c1)Nc1ncc(Cl)cc1Cl. The van der Waals surface area contributed by atoms with E-state index in [1.165, 1.54) is 28.7 Å². The van der Waals surface area contributed by atoms with Crippen molar-refractivity contribution in [2.45, 2.75) is 4.90 Å². The second-order valence-electron chi connectivity index (χ2n) is 6.27. The van der Waals surface area contributed by atoms with E-state index in [1.54, 1.807) is 0 Å². The van der Waals surface area contributed by atoms with Gasteiger partial charge in [0.2, 0.25) is 10.0 Å². The van der Waals surface area contributed by atoms with Crippen LogP contribution in [0, 0.1) is 0 Å². The number of rotatable bonds is 6. The molecule has 1 aliphatic heterocycles. The number of carbonyl (C=O) groups excluding carboxylic acids is 2. The largest absolute Gasteiger partial charge is 0.452 e. The Balaban J connectivity index is 1.68. The van der Waals surface area contributed by atoms with Crippen LogP contribution in [-0.4, -0.2) is 62.5 Å². The van der Waals surface area contributed by atoms with Crippen molar-refractivity contribution >= 4 is 62.5 Å². The number of nitrogens with zero attached hydrogens (tertiary/aromatic N) is 2. The first kappa shape index (κ1) is 23.7. The van der Waals surface area contributed by atoms with Gasteiger partial charge in [-0.15, -0.1) is 0 Å². The molecule has 1 aromatic heterocycles. The number of benzene rings is 1. The molecule has 166 valence electrons. The van der Waals surface area contributed by atoms with Crippen molar-refractivity contribution in [3.63, 3.8) is 0 Å². The van der Waals surface area contributed by atoms with Crippen molar-refractivity contribution in [2.75, 3.05) is 38.2 Å². The van der Waals surface area contributed by atoms with Gasteiger partial charge >= 0.3 is 5.97 Å². The van der Waals surface area contributed by atoms with Gasteiger partial charge in [0.1, 0.15) is 4.90 Å². The Hall–Kier alpha value is -1.95. The van der Waals surface area contributed by atoms with Crippen LogP contribution in [0.4, 0.5) is 5.82 Å². The fraction of sp³-hybridized carbons (Fsp3) is 0.278. The van der Waals surface area contributed by atoms with E-state index in [0.29, 0.717) is 5.02 Å². The topological polar surface area (TPSA) is 115 Å². The molecule has 2 heterocycles. The van der Waals surface area contributed by atoms with Crippen LogP contribution in [0.25, 0.3) is 0 Å². The van der Waals surface area contributed by atoms with E-state index >= 15 is 0 Å². The number of carbonyl (C=O) groups is 2. The molecule has 0 unspecified atom stereocenters. The summed E-state index contributed by atoms with van der Waals surface area (Å²) >= 11 is 17.7. The summed E-state index contributed by atoms with van der Waals surface area (Å²) in [6, 6.07) is 5.09. The molecule has 1 N–H and O–H groups in total. The van der Waals surface area contributed by atoms with Crippen LogP contribution in [0.3, 0.4) is 0 Å². The summed E-state index contributed by atoms with van der Waals surface area (Å²) in [6.07, 6.45) is 1.29. The van der Waals surface area contributed by atoms with Crippen LogP contribution in [0.2, 0.25) is 15.1 Å². The first-order valence-electron chi connectivity index (χ1n) is 8.84. The summed E-state index contributed by atoms with van der Waals surface area (Å²) in [4.78, 5) is 28.0. The van der Waals surface area contributed by atoms with Crippen molar-refractivity contribution in [3.8, 4) is 0 Å². The molecule has 31 heavy (non-hydrogen) atoms. The summed E-state index contributed by atoms with van der Waals surface area (Å²) in [5.74, 6) is -1.54. The normalized spacial score (nSPS) is 14.8. The molecule has 0 saturated carbocycles. The zero-order valence-corrected chi connectivity index (χ0v) is 18.9. The van der Waals surface area contributed by atoms with Crippen LogP contribution in [-0.2, 0) is 24.3 Å². The van der Waals surface area contributed by atoms with Crippen molar-refractivity contribution in [1.82, 2.24) is 9.29 Å². The highest BCUT2D eigenvalue weighted by Crippen LogP contribution is 2.27. The molecule has 0 atom stereocenters. The molecule has 1 fully saturated rings. The average Bonchev–Trinajstić information content (AvgIpc) is 2.75. The van der Waals surface area contributed by atoms with Crippen LogP contribution in [0.5, 0.6) is 0 Å². The Morgan fingerprint density at radius 2 is 1.84 bits per heavy atom. The van der Waals surface area contributed by atoms with E-state index in [1.807, 2.05) is 0 Å². The number of nitrogens with one attached hydrogen (secondary N) is 1. The van der Waals surface area contributed by atoms with Gasteiger partial charge in [-0.1, -0.05) is 34.8 Å². The van der Waals surface area contributed by atoms with Crippen molar-refractivity contribution in [3.05, 3.63) is 51.1 Å². The van der Waals surface area contributed by atoms with Crippen LogP contribution in [0.1, 0.15) is 10.4 Å². The summed E-state index contributed by atoms with van der Waals surface area (Å²) < 4.78 is 37.0. The zero-order valence-electron chi connectivity index (χ0n) is 15.8. The number of esters is 1. The van der Waals surface area contributed by atoms with Gasteiger partial charge in [0.25, 0.3) is 5.91 Å². The predicted molar refractivity (Wildman–Crippen MR) is 114 cm³/mol. The van der Waals surface area contributed by atoms with Gasteiger partial charge in [0.05, 0.1) is 33.8 Å². The molecule has 2 aromatic rings. The highest BCUT2D eigenvalue weighted by atomic mass is 35.5. The minimum Gasteiger partial charge on any atom is -0.452 e. The second-order valence-corrected chi connectivity index (χ2v) is 9.43. The average molecular weight is 509 g/mol. The Morgan fingerprint density at radius 1 is 1.13 bits per heavy atom. The minimum atomic E-state index is -3.93. The first-order chi connectivity index (χ1) is 14.7. The molecule has 1 aromatic carbocycles. The van der Waals surface area contributed by atoms with Gasteiger partial charge in [-0.05, 0) is 24.3 Å². The molecule has 1 aliphatic rings. The quantitative estimate of drug-likeness (QED) is 0.597. The number of sulfonamides is 1. The molecule has 1 saturated heterocycles. The number of hydrogen-bond donors (Lipinski definition) is 1. The molecular weight excluding hydrogens is 493 g/mol. The van der Waals surface area contributed by atoms with E-state index in [-0.39, 0.29) is 52.6 Å². The van der Waals surface area contributed by atoms with E-state index < -0.39 is 28.5 Å².